The second-order valence-electron chi connectivity index (χ2n) is 7.31. The molecule has 0 aromatic rings. The maximum atomic E-state index is 11.7. The molecule has 9 atom stereocenters. The molecule has 2 aliphatic heterocycles. The summed E-state index contributed by atoms with van der Waals surface area (Å²) in [4.78, 5) is 54.5. The number of cyclic esters (lactones) is 1. The van der Waals surface area contributed by atoms with Gasteiger partial charge in [0.15, 0.2) is 30.7 Å². The molecule has 2 saturated heterocycles. The fourth-order valence-electron chi connectivity index (χ4n) is 3.11. The highest BCUT2D eigenvalue weighted by atomic mass is 16.7. The van der Waals surface area contributed by atoms with E-state index < -0.39 is 66.8 Å². The molecule has 0 saturated carbocycles. The van der Waals surface area contributed by atoms with E-state index in [1.807, 2.05) is 0 Å². The standard InChI is InChI=1S/C13H20O7.C6H8O6/c1-6-7(2)11(18-8(3)14)13(19-9(4)15)20-10(6)12(16)17-5;7-1-2(8)5-3(9)4(10)6(11)12-5/h6-7,10-11,13H,1-5H3;1-5,8-10H/t;2-,3+,4-,5+/m.0/s1. The fraction of sp³-hybridized carbons (Fsp3) is 0.737. The molecule has 0 aliphatic carbocycles. The van der Waals surface area contributed by atoms with Crippen molar-refractivity contribution in [1.82, 2.24) is 0 Å². The Balaban J connectivity index is 0.000000363. The van der Waals surface area contributed by atoms with Crippen LogP contribution in [0.2, 0.25) is 0 Å². The average molecular weight is 464 g/mol. The van der Waals surface area contributed by atoms with E-state index in [1.54, 1.807) is 13.8 Å². The number of esters is 4. The molecule has 2 rings (SSSR count). The highest BCUT2D eigenvalue weighted by molar-refractivity contribution is 5.78. The van der Waals surface area contributed by atoms with Crippen LogP contribution in [0.5, 0.6) is 0 Å². The van der Waals surface area contributed by atoms with Crippen molar-refractivity contribution in [3.8, 4) is 0 Å². The minimum Gasteiger partial charge on any atom is -0.467 e. The lowest BCUT2D eigenvalue weighted by Crippen LogP contribution is -2.54. The van der Waals surface area contributed by atoms with Gasteiger partial charge in [-0.2, -0.15) is 0 Å². The predicted octanol–water partition coefficient (Wildman–Crippen LogP) is -2.16. The van der Waals surface area contributed by atoms with E-state index in [4.69, 9.17) is 29.5 Å². The Bertz CT molecular complexity index is 707. The molecular weight excluding hydrogens is 436 g/mol. The van der Waals surface area contributed by atoms with Crippen molar-refractivity contribution in [1.29, 1.82) is 0 Å². The van der Waals surface area contributed by atoms with Crippen molar-refractivity contribution in [3.05, 3.63) is 0 Å². The van der Waals surface area contributed by atoms with Gasteiger partial charge in [0, 0.05) is 19.8 Å². The molecule has 13 nitrogen and oxygen atoms in total. The van der Waals surface area contributed by atoms with E-state index in [0.29, 0.717) is 0 Å². The zero-order chi connectivity index (χ0) is 24.7. The van der Waals surface area contributed by atoms with Crippen LogP contribution in [0, 0.1) is 11.8 Å². The Morgan fingerprint density at radius 1 is 1.06 bits per heavy atom. The van der Waals surface area contributed by atoms with Crippen LogP contribution in [0.25, 0.3) is 0 Å². The molecule has 13 heteroatoms. The smallest absolute Gasteiger partial charge is 0.338 e. The number of methoxy groups -OCH3 is 1. The first-order chi connectivity index (χ1) is 14.8. The summed E-state index contributed by atoms with van der Waals surface area (Å²) in [6.45, 7) is 6.05. The van der Waals surface area contributed by atoms with Crippen LogP contribution in [0.3, 0.4) is 0 Å². The maximum absolute atomic E-state index is 11.7. The van der Waals surface area contributed by atoms with Crippen molar-refractivity contribution in [2.24, 2.45) is 11.8 Å². The maximum Gasteiger partial charge on any atom is 0.338 e. The van der Waals surface area contributed by atoms with E-state index in [2.05, 4.69) is 9.47 Å². The van der Waals surface area contributed by atoms with Gasteiger partial charge >= 0.3 is 23.9 Å². The number of aliphatic hydroxyl groups excluding tert-OH is 3. The third-order valence-electron chi connectivity index (χ3n) is 5.02. The highest BCUT2D eigenvalue weighted by Gasteiger charge is 2.48. The predicted molar refractivity (Wildman–Crippen MR) is 100 cm³/mol. The normalized spacial score (nSPS) is 34.8. The monoisotopic (exact) mass is 464 g/mol. The van der Waals surface area contributed by atoms with E-state index in [-0.39, 0.29) is 18.1 Å². The van der Waals surface area contributed by atoms with Gasteiger partial charge in [0.25, 0.3) is 0 Å². The molecular formula is C19H28O13. The summed E-state index contributed by atoms with van der Waals surface area (Å²) in [7, 11) is 1.25. The van der Waals surface area contributed by atoms with Gasteiger partial charge in [0.05, 0.1) is 7.11 Å². The molecule has 32 heavy (non-hydrogen) atoms. The molecule has 2 aliphatic rings. The first-order valence-corrected chi connectivity index (χ1v) is 9.63. The largest absolute Gasteiger partial charge is 0.467 e. The molecule has 5 unspecified atom stereocenters. The molecule has 3 N–H and O–H groups in total. The summed E-state index contributed by atoms with van der Waals surface area (Å²) < 4.78 is 24.6. The van der Waals surface area contributed by atoms with Crippen molar-refractivity contribution >= 4 is 30.2 Å². The average Bonchev–Trinajstić information content (AvgIpc) is 2.99. The summed E-state index contributed by atoms with van der Waals surface area (Å²) in [5, 5.41) is 26.7. The number of rotatable bonds is 5. The van der Waals surface area contributed by atoms with Crippen LogP contribution < -0.4 is 0 Å². The second kappa shape index (κ2) is 11.9. The van der Waals surface area contributed by atoms with Gasteiger partial charge in [-0.3, -0.25) is 9.59 Å². The van der Waals surface area contributed by atoms with Crippen LogP contribution in [-0.2, 0) is 47.7 Å². The second-order valence-corrected chi connectivity index (χ2v) is 7.31. The summed E-state index contributed by atoms with van der Waals surface area (Å²) in [5.74, 6) is -3.17. The Kier molecular flexibility index (Phi) is 10.2. The first kappa shape index (κ1) is 27.4. The number of carbonyl (C=O) groups is 5. The van der Waals surface area contributed by atoms with Crippen LogP contribution in [0.1, 0.15) is 27.7 Å². The van der Waals surface area contributed by atoms with Gasteiger partial charge in [-0.1, -0.05) is 13.8 Å². The number of aliphatic hydroxyl groups is 3. The van der Waals surface area contributed by atoms with Crippen molar-refractivity contribution in [3.63, 3.8) is 0 Å². The third-order valence-corrected chi connectivity index (χ3v) is 5.02. The van der Waals surface area contributed by atoms with Crippen molar-refractivity contribution in [2.75, 3.05) is 7.11 Å². The quantitative estimate of drug-likeness (QED) is 0.227. The van der Waals surface area contributed by atoms with Gasteiger partial charge in [-0.05, 0) is 5.92 Å². The molecule has 2 heterocycles. The van der Waals surface area contributed by atoms with Crippen LogP contribution >= 0.6 is 0 Å². The zero-order valence-electron chi connectivity index (χ0n) is 18.2. The molecule has 0 aromatic carbocycles. The summed E-state index contributed by atoms with van der Waals surface area (Å²) in [6, 6.07) is 0. The van der Waals surface area contributed by atoms with Crippen LogP contribution in [0.15, 0.2) is 0 Å². The molecule has 0 aromatic heterocycles. The highest BCUT2D eigenvalue weighted by Crippen LogP contribution is 2.34. The number of aldehydes is 1. The van der Waals surface area contributed by atoms with Gasteiger partial charge in [-0.15, -0.1) is 0 Å². The lowest BCUT2D eigenvalue weighted by atomic mass is 9.83. The topological polar surface area (TPSA) is 192 Å². The number of hydrogen-bond donors (Lipinski definition) is 3. The Morgan fingerprint density at radius 2 is 1.62 bits per heavy atom. The van der Waals surface area contributed by atoms with E-state index in [0.717, 1.165) is 0 Å². The Morgan fingerprint density at radius 3 is 2.03 bits per heavy atom. The summed E-state index contributed by atoms with van der Waals surface area (Å²) in [5.41, 5.74) is 0. The van der Waals surface area contributed by atoms with E-state index >= 15 is 0 Å². The number of carbonyl (C=O) groups excluding carboxylic acids is 5. The molecule has 0 bridgehead atoms. The van der Waals surface area contributed by atoms with Gasteiger partial charge in [-0.25, -0.2) is 9.59 Å². The van der Waals surface area contributed by atoms with Gasteiger partial charge < -0.3 is 43.8 Å². The summed E-state index contributed by atoms with van der Waals surface area (Å²) in [6.07, 6.45) is -8.79. The Hall–Kier alpha value is -2.61. The van der Waals surface area contributed by atoms with Crippen molar-refractivity contribution in [2.45, 2.75) is 70.6 Å². The minimum absolute atomic E-state index is 0.124. The molecule has 2 fully saturated rings. The van der Waals surface area contributed by atoms with E-state index in [9.17, 15) is 24.0 Å². The van der Waals surface area contributed by atoms with E-state index in [1.165, 1.54) is 21.0 Å². The molecule has 0 radical (unpaired) electrons. The number of ether oxygens (including phenoxy) is 5. The minimum atomic E-state index is -1.68. The third kappa shape index (κ3) is 6.69. The lowest BCUT2D eigenvalue weighted by Gasteiger charge is -2.41. The summed E-state index contributed by atoms with van der Waals surface area (Å²) >= 11 is 0. The fourth-order valence-corrected chi connectivity index (χ4v) is 3.11. The molecule has 0 amide bonds. The van der Waals surface area contributed by atoms with Crippen molar-refractivity contribution < 1.29 is 63.0 Å². The van der Waals surface area contributed by atoms with Crippen LogP contribution in [-0.4, -0.2) is 95.5 Å². The van der Waals surface area contributed by atoms with Crippen LogP contribution in [0.4, 0.5) is 0 Å². The molecule has 0 spiro atoms. The zero-order valence-corrected chi connectivity index (χ0v) is 18.2. The lowest BCUT2D eigenvalue weighted by molar-refractivity contribution is -0.266. The first-order valence-electron chi connectivity index (χ1n) is 9.63. The van der Waals surface area contributed by atoms with Gasteiger partial charge in [0.1, 0.15) is 12.2 Å². The SMILES string of the molecule is COC(=O)C1OC(OC(C)=O)C(OC(C)=O)C(C)C1C.O=C[C@H](O)[C@H]1OC(=O)[C@@H](O)[C@H]1O. The Labute approximate surface area is 183 Å². The van der Waals surface area contributed by atoms with Gasteiger partial charge in [0.2, 0.25) is 6.29 Å². The molecule has 182 valence electrons. The number of hydrogen-bond acceptors (Lipinski definition) is 13.